The number of hydrogen-bond donors (Lipinski definition) is 0. The summed E-state index contributed by atoms with van der Waals surface area (Å²) in [6.45, 7) is 4.91. The molecule has 2 aromatic heterocycles. The van der Waals surface area contributed by atoms with Crippen LogP contribution in [0.3, 0.4) is 0 Å². The van der Waals surface area contributed by atoms with Gasteiger partial charge in [0.05, 0.1) is 12.0 Å². The number of nitrogens with zero attached hydrogens (tertiary/aromatic N) is 5. The van der Waals surface area contributed by atoms with Gasteiger partial charge >= 0.3 is 0 Å². The summed E-state index contributed by atoms with van der Waals surface area (Å²) < 4.78 is 11.0. The summed E-state index contributed by atoms with van der Waals surface area (Å²) in [6, 6.07) is 0. The van der Waals surface area contributed by atoms with Gasteiger partial charge in [0.25, 0.3) is 0 Å². The van der Waals surface area contributed by atoms with Gasteiger partial charge in [-0.3, -0.25) is 4.90 Å². The lowest BCUT2D eigenvalue weighted by Gasteiger charge is -2.37. The summed E-state index contributed by atoms with van der Waals surface area (Å²) in [7, 11) is 0. The first-order valence-corrected chi connectivity index (χ1v) is 9.08. The first-order chi connectivity index (χ1) is 11.7. The van der Waals surface area contributed by atoms with E-state index in [1.807, 2.05) is 0 Å². The van der Waals surface area contributed by atoms with E-state index in [4.69, 9.17) is 14.0 Å². The van der Waals surface area contributed by atoms with E-state index in [1.54, 1.807) is 0 Å². The minimum absolute atomic E-state index is 0.0819. The smallest absolute Gasteiger partial charge is 0.233 e. The molecule has 1 saturated heterocycles. The maximum atomic E-state index is 5.61. The van der Waals surface area contributed by atoms with E-state index in [0.29, 0.717) is 11.8 Å². The molecule has 0 radical (unpaired) electrons. The molecule has 0 N–H and O–H groups in total. The minimum Gasteiger partial charge on any atom is -0.339 e. The fourth-order valence-corrected chi connectivity index (χ4v) is 3.67. The quantitative estimate of drug-likeness (QED) is 0.834. The highest BCUT2D eigenvalue weighted by molar-refractivity contribution is 5.11. The summed E-state index contributed by atoms with van der Waals surface area (Å²) in [4.78, 5) is 11.6. The Kier molecular flexibility index (Phi) is 3.26. The lowest BCUT2D eigenvalue weighted by atomic mass is 9.81. The molecule has 2 aliphatic carbocycles. The molecule has 0 unspecified atom stereocenters. The molecule has 0 aromatic carbocycles. The zero-order chi connectivity index (χ0) is 16.1. The van der Waals surface area contributed by atoms with Gasteiger partial charge in [0.1, 0.15) is 0 Å². The Morgan fingerprint density at radius 3 is 2.71 bits per heavy atom. The van der Waals surface area contributed by atoms with Gasteiger partial charge in [-0.15, -0.1) is 0 Å². The normalized spacial score (nSPS) is 28.4. The zero-order valence-electron chi connectivity index (χ0n) is 14.1. The minimum atomic E-state index is -0.0819. The third kappa shape index (κ3) is 2.75. The van der Waals surface area contributed by atoms with Crippen LogP contribution in [0.2, 0.25) is 0 Å². The van der Waals surface area contributed by atoms with Crippen LogP contribution in [-0.2, 0) is 12.0 Å². The highest BCUT2D eigenvalue weighted by Crippen LogP contribution is 2.41. The van der Waals surface area contributed by atoms with Crippen molar-refractivity contribution < 1.29 is 9.05 Å². The summed E-state index contributed by atoms with van der Waals surface area (Å²) >= 11 is 0. The van der Waals surface area contributed by atoms with Crippen LogP contribution in [0, 0.1) is 0 Å². The molecule has 24 heavy (non-hydrogen) atoms. The van der Waals surface area contributed by atoms with Gasteiger partial charge in [0.15, 0.2) is 11.6 Å². The molecule has 3 heterocycles. The van der Waals surface area contributed by atoms with Crippen LogP contribution >= 0.6 is 0 Å². The lowest BCUT2D eigenvalue weighted by molar-refractivity contribution is 0.121. The van der Waals surface area contributed by atoms with Crippen LogP contribution in [-0.4, -0.2) is 38.3 Å². The number of piperidine rings is 1. The summed E-state index contributed by atoms with van der Waals surface area (Å²) in [5.41, 5.74) is -0.0819. The highest BCUT2D eigenvalue weighted by Gasteiger charge is 2.39. The van der Waals surface area contributed by atoms with Gasteiger partial charge < -0.3 is 9.05 Å². The number of aromatic nitrogens is 4. The molecular formula is C17H23N5O2. The first kappa shape index (κ1) is 14.6. The van der Waals surface area contributed by atoms with Crippen LogP contribution in [0.15, 0.2) is 9.05 Å². The Morgan fingerprint density at radius 2 is 1.92 bits per heavy atom. The fraction of sp³-hybridized carbons (Fsp3) is 0.765. The summed E-state index contributed by atoms with van der Waals surface area (Å²) in [6.07, 6.45) is 6.96. The van der Waals surface area contributed by atoms with Crippen molar-refractivity contribution in [2.75, 3.05) is 13.1 Å². The summed E-state index contributed by atoms with van der Waals surface area (Å²) in [5.74, 6) is 4.35. The second-order valence-electron chi connectivity index (χ2n) is 7.93. The maximum Gasteiger partial charge on any atom is 0.233 e. The number of rotatable bonds is 5. The van der Waals surface area contributed by atoms with E-state index in [2.05, 4.69) is 27.1 Å². The highest BCUT2D eigenvalue weighted by atomic mass is 16.5. The molecule has 7 heteroatoms. The predicted molar refractivity (Wildman–Crippen MR) is 84.4 cm³/mol. The molecule has 128 valence electrons. The van der Waals surface area contributed by atoms with E-state index in [-0.39, 0.29) is 5.41 Å². The zero-order valence-corrected chi connectivity index (χ0v) is 14.1. The van der Waals surface area contributed by atoms with Gasteiger partial charge in [-0.1, -0.05) is 10.3 Å². The molecular weight excluding hydrogens is 306 g/mol. The molecule has 0 amide bonds. The molecule has 7 nitrogen and oxygen atoms in total. The Bertz CT molecular complexity index is 733. The second kappa shape index (κ2) is 5.37. The summed E-state index contributed by atoms with van der Waals surface area (Å²) in [5, 5.41) is 8.34. The van der Waals surface area contributed by atoms with Gasteiger partial charge in [0, 0.05) is 18.4 Å². The topological polar surface area (TPSA) is 81.1 Å². The van der Waals surface area contributed by atoms with Gasteiger partial charge in [-0.05, 0) is 52.0 Å². The SMILES string of the molecule is C[C@]1(c2nc(C3CC3)no2)CCCN(Cc2noc(C3CC3)n2)C1. The van der Waals surface area contributed by atoms with Crippen LogP contribution in [0.25, 0.3) is 0 Å². The molecule has 1 atom stereocenters. The lowest BCUT2D eigenvalue weighted by Crippen LogP contribution is -2.44. The van der Waals surface area contributed by atoms with Crippen LogP contribution in [0.4, 0.5) is 0 Å². The van der Waals surface area contributed by atoms with Crippen molar-refractivity contribution >= 4 is 0 Å². The van der Waals surface area contributed by atoms with Crippen LogP contribution in [0.5, 0.6) is 0 Å². The molecule has 3 fully saturated rings. The Labute approximate surface area is 140 Å². The van der Waals surface area contributed by atoms with Crippen molar-refractivity contribution in [3.05, 3.63) is 23.4 Å². The Morgan fingerprint density at radius 1 is 1.08 bits per heavy atom. The third-order valence-corrected chi connectivity index (χ3v) is 5.45. The number of hydrogen-bond acceptors (Lipinski definition) is 7. The van der Waals surface area contributed by atoms with Crippen molar-refractivity contribution in [3.63, 3.8) is 0 Å². The van der Waals surface area contributed by atoms with Gasteiger partial charge in [0.2, 0.25) is 11.8 Å². The van der Waals surface area contributed by atoms with Crippen LogP contribution < -0.4 is 0 Å². The van der Waals surface area contributed by atoms with Crippen molar-refractivity contribution in [1.29, 1.82) is 0 Å². The maximum absolute atomic E-state index is 5.61. The third-order valence-electron chi connectivity index (χ3n) is 5.45. The van der Waals surface area contributed by atoms with E-state index < -0.39 is 0 Å². The molecule has 0 bridgehead atoms. The van der Waals surface area contributed by atoms with Crippen molar-refractivity contribution in [3.8, 4) is 0 Å². The van der Waals surface area contributed by atoms with Crippen molar-refractivity contribution in [1.82, 2.24) is 25.2 Å². The molecule has 1 aliphatic heterocycles. The average molecular weight is 329 g/mol. The Balaban J connectivity index is 1.28. The molecule has 5 rings (SSSR count). The fourth-order valence-electron chi connectivity index (χ4n) is 3.67. The monoisotopic (exact) mass is 329 g/mol. The van der Waals surface area contributed by atoms with Crippen molar-refractivity contribution in [2.45, 2.75) is 69.2 Å². The molecule has 0 spiro atoms. The molecule has 3 aliphatic rings. The van der Waals surface area contributed by atoms with E-state index >= 15 is 0 Å². The molecule has 2 saturated carbocycles. The van der Waals surface area contributed by atoms with Gasteiger partial charge in [-0.2, -0.15) is 9.97 Å². The Hall–Kier alpha value is -1.76. The number of likely N-dealkylation sites (tertiary alicyclic amines) is 1. The second-order valence-corrected chi connectivity index (χ2v) is 7.93. The van der Waals surface area contributed by atoms with Crippen LogP contribution in [0.1, 0.15) is 80.7 Å². The van der Waals surface area contributed by atoms with Gasteiger partial charge in [-0.25, -0.2) is 0 Å². The van der Waals surface area contributed by atoms with E-state index in [9.17, 15) is 0 Å². The van der Waals surface area contributed by atoms with Crippen molar-refractivity contribution in [2.24, 2.45) is 0 Å². The first-order valence-electron chi connectivity index (χ1n) is 9.08. The largest absolute Gasteiger partial charge is 0.339 e. The predicted octanol–water partition coefficient (Wildman–Crippen LogP) is 2.76. The average Bonchev–Trinajstić information content (AvgIpc) is 3.50. The molecule has 2 aromatic rings. The van der Waals surface area contributed by atoms with E-state index in [1.165, 1.54) is 25.7 Å². The van der Waals surface area contributed by atoms with E-state index in [0.717, 1.165) is 55.9 Å². The standard InChI is InChI=1S/C17H23N5O2/c1-17(16-19-14(21-24-16)11-3-4-11)7-2-8-22(10-17)9-13-18-15(23-20-13)12-5-6-12/h11-12H,2-10H2,1H3/t17-/m0/s1.